The molecule has 2 fully saturated rings. The molecule has 4 rings (SSSR count). The SMILES string of the molecule is CCN1CCC[C@H]1CNC(=O)c1cc(S(=O)(=O)CC)c(N)cc1OC.CCN1CCC[C@H]1CNC(=O)c1cc(S(=O)(=O)CC)c(NC)cc1OC. The van der Waals surface area contributed by atoms with Crippen molar-refractivity contribution in [2.24, 2.45) is 0 Å². The molecule has 2 atom stereocenters. The van der Waals surface area contributed by atoms with Gasteiger partial charge < -0.3 is 31.2 Å². The van der Waals surface area contributed by atoms with E-state index in [0.29, 0.717) is 36.6 Å². The lowest BCUT2D eigenvalue weighted by atomic mass is 10.1. The molecule has 0 saturated carbocycles. The fourth-order valence-corrected chi connectivity index (χ4v) is 8.69. The van der Waals surface area contributed by atoms with E-state index in [-0.39, 0.29) is 55.7 Å². The molecule has 0 spiro atoms. The summed E-state index contributed by atoms with van der Waals surface area (Å²) in [6.45, 7) is 12.4. The first-order valence-electron chi connectivity index (χ1n) is 17.6. The summed E-state index contributed by atoms with van der Waals surface area (Å²) in [6.07, 6.45) is 4.35. The normalized spacial score (nSPS) is 18.1. The molecular weight excluding hydrogens is 697 g/mol. The van der Waals surface area contributed by atoms with E-state index >= 15 is 0 Å². The van der Waals surface area contributed by atoms with Gasteiger partial charge in [-0.2, -0.15) is 0 Å². The van der Waals surface area contributed by atoms with Crippen LogP contribution in [0.15, 0.2) is 34.1 Å². The molecule has 14 nitrogen and oxygen atoms in total. The summed E-state index contributed by atoms with van der Waals surface area (Å²) in [5, 5.41) is 8.71. The van der Waals surface area contributed by atoms with Crippen LogP contribution in [0.4, 0.5) is 11.4 Å². The number of amides is 2. The summed E-state index contributed by atoms with van der Waals surface area (Å²) in [5.74, 6) is -0.183. The Labute approximate surface area is 303 Å². The predicted molar refractivity (Wildman–Crippen MR) is 201 cm³/mol. The lowest BCUT2D eigenvalue weighted by Crippen LogP contribution is -2.40. The Morgan fingerprint density at radius 3 is 1.59 bits per heavy atom. The van der Waals surface area contributed by atoms with Crippen LogP contribution in [0.3, 0.4) is 0 Å². The summed E-state index contributed by atoms with van der Waals surface area (Å²) in [6, 6.07) is 6.31. The number of carbonyl (C=O) groups is 2. The molecule has 5 N–H and O–H groups in total. The van der Waals surface area contributed by atoms with Crippen LogP contribution >= 0.6 is 0 Å². The number of benzene rings is 2. The molecule has 51 heavy (non-hydrogen) atoms. The fraction of sp³-hybridized carbons (Fsp3) is 0.600. The summed E-state index contributed by atoms with van der Waals surface area (Å²) >= 11 is 0. The van der Waals surface area contributed by atoms with Crippen molar-refractivity contribution in [1.82, 2.24) is 20.4 Å². The minimum Gasteiger partial charge on any atom is -0.496 e. The van der Waals surface area contributed by atoms with Crippen LogP contribution in [0.1, 0.15) is 74.1 Å². The maximum atomic E-state index is 12.7. The summed E-state index contributed by atoms with van der Waals surface area (Å²) in [5.41, 5.74) is 6.77. The van der Waals surface area contributed by atoms with Crippen LogP contribution in [0.2, 0.25) is 0 Å². The summed E-state index contributed by atoms with van der Waals surface area (Å²) < 4.78 is 59.7. The van der Waals surface area contributed by atoms with Gasteiger partial charge in [0, 0.05) is 44.4 Å². The number of nitrogens with two attached hydrogens (primary N) is 1. The quantitative estimate of drug-likeness (QED) is 0.195. The third kappa shape index (κ3) is 10.3. The Morgan fingerprint density at radius 1 is 0.745 bits per heavy atom. The number of likely N-dealkylation sites (N-methyl/N-ethyl adjacent to an activating group) is 2. The molecule has 2 heterocycles. The van der Waals surface area contributed by atoms with Crippen LogP contribution in [-0.4, -0.2) is 123 Å². The van der Waals surface area contributed by atoms with Crippen LogP contribution in [0.5, 0.6) is 11.5 Å². The zero-order valence-corrected chi connectivity index (χ0v) is 32.6. The van der Waals surface area contributed by atoms with Crippen LogP contribution in [-0.2, 0) is 19.7 Å². The molecule has 2 aromatic carbocycles. The van der Waals surface area contributed by atoms with Crippen LogP contribution in [0, 0.1) is 0 Å². The lowest BCUT2D eigenvalue weighted by Gasteiger charge is -2.23. The molecule has 0 aliphatic carbocycles. The van der Waals surface area contributed by atoms with Gasteiger partial charge in [-0.1, -0.05) is 27.7 Å². The van der Waals surface area contributed by atoms with E-state index in [4.69, 9.17) is 15.2 Å². The summed E-state index contributed by atoms with van der Waals surface area (Å²) in [7, 11) is -2.46. The second kappa shape index (κ2) is 18.8. The van der Waals surface area contributed by atoms with E-state index in [1.807, 2.05) is 0 Å². The van der Waals surface area contributed by atoms with Gasteiger partial charge in [0.2, 0.25) is 0 Å². The number of hydrogen-bond donors (Lipinski definition) is 4. The van der Waals surface area contributed by atoms with Crippen molar-refractivity contribution in [3.8, 4) is 11.5 Å². The van der Waals surface area contributed by atoms with E-state index in [1.54, 1.807) is 20.0 Å². The predicted octanol–water partition coefficient (Wildman–Crippen LogP) is 3.03. The molecule has 2 saturated heterocycles. The second-order valence-corrected chi connectivity index (χ2v) is 17.0. The fourth-order valence-electron chi connectivity index (χ4n) is 6.56. The molecule has 0 unspecified atom stereocenters. The van der Waals surface area contributed by atoms with Gasteiger partial charge in [0.05, 0.1) is 58.0 Å². The first kappa shape index (κ1) is 41.8. The highest BCUT2D eigenvalue weighted by Gasteiger charge is 2.28. The highest BCUT2D eigenvalue weighted by atomic mass is 32.2. The van der Waals surface area contributed by atoms with Gasteiger partial charge in [0.25, 0.3) is 11.8 Å². The number of likely N-dealkylation sites (tertiary alicyclic amines) is 2. The van der Waals surface area contributed by atoms with Crippen molar-refractivity contribution >= 4 is 42.9 Å². The van der Waals surface area contributed by atoms with Crippen LogP contribution in [0.25, 0.3) is 0 Å². The second-order valence-electron chi connectivity index (χ2n) is 12.5. The highest BCUT2D eigenvalue weighted by Crippen LogP contribution is 2.32. The smallest absolute Gasteiger partial charge is 0.255 e. The number of nitrogen functional groups attached to an aromatic ring is 1. The van der Waals surface area contributed by atoms with Crippen molar-refractivity contribution in [3.63, 3.8) is 0 Å². The first-order valence-corrected chi connectivity index (χ1v) is 20.9. The Hall–Kier alpha value is -3.60. The number of nitrogens with one attached hydrogen (secondary N) is 3. The first-order chi connectivity index (χ1) is 24.2. The maximum Gasteiger partial charge on any atom is 0.255 e. The molecule has 0 radical (unpaired) electrons. The monoisotopic (exact) mass is 752 g/mol. The Morgan fingerprint density at radius 2 is 1.18 bits per heavy atom. The minimum absolute atomic E-state index is 0.0306. The molecule has 16 heteroatoms. The summed E-state index contributed by atoms with van der Waals surface area (Å²) in [4.78, 5) is 30.1. The lowest BCUT2D eigenvalue weighted by molar-refractivity contribution is 0.0930. The molecule has 0 aromatic heterocycles. The van der Waals surface area contributed by atoms with E-state index in [9.17, 15) is 26.4 Å². The van der Waals surface area contributed by atoms with Crippen molar-refractivity contribution in [3.05, 3.63) is 35.4 Å². The van der Waals surface area contributed by atoms with Crippen LogP contribution < -0.4 is 31.2 Å². The minimum atomic E-state index is -3.52. The molecule has 2 amide bonds. The van der Waals surface area contributed by atoms with Crippen molar-refractivity contribution in [1.29, 1.82) is 0 Å². The third-order valence-corrected chi connectivity index (χ3v) is 13.2. The average molecular weight is 753 g/mol. The van der Waals surface area contributed by atoms with Gasteiger partial charge in [-0.3, -0.25) is 19.4 Å². The van der Waals surface area contributed by atoms with E-state index in [0.717, 1.165) is 51.9 Å². The number of carbonyl (C=O) groups excluding carboxylic acids is 2. The maximum absolute atomic E-state index is 12.7. The molecule has 286 valence electrons. The molecular formula is C35H56N6O8S2. The topological polar surface area (TPSA) is 189 Å². The number of nitrogens with zero attached hydrogens (tertiary/aromatic N) is 2. The number of ether oxygens (including phenoxy) is 2. The zero-order valence-electron chi connectivity index (χ0n) is 31.0. The Bertz CT molecular complexity index is 1740. The number of sulfone groups is 2. The van der Waals surface area contributed by atoms with Gasteiger partial charge in [-0.05, 0) is 64.0 Å². The van der Waals surface area contributed by atoms with Crippen molar-refractivity contribution in [2.75, 3.05) is 83.1 Å². The number of methoxy groups -OCH3 is 2. The zero-order chi connectivity index (χ0) is 37.9. The van der Waals surface area contributed by atoms with E-state index < -0.39 is 19.7 Å². The van der Waals surface area contributed by atoms with E-state index in [2.05, 4.69) is 39.6 Å². The van der Waals surface area contributed by atoms with Crippen molar-refractivity contribution < 1.29 is 35.9 Å². The Kier molecular flexibility index (Phi) is 15.4. The number of rotatable bonds is 15. The molecule has 2 aliphatic rings. The standard InChI is InChI=1S/C18H29N3O4S.C17H27N3O4S/c1-5-21-9-7-8-13(21)12-20-18(22)14-10-17(26(23,24)6-2)15(19-3)11-16(14)25-4;1-4-20-8-6-7-12(20)11-19-17(21)13-9-16(25(22,23)5-2)14(18)10-15(13)24-3/h10-11,13,19H,5-9,12H2,1-4H3,(H,20,22);9-10,12H,4-8,11,18H2,1-3H3,(H,19,21)/t13-;12-/m00/s1. The van der Waals surface area contributed by atoms with E-state index in [1.165, 1.54) is 39.3 Å². The third-order valence-electron chi connectivity index (χ3n) is 9.63. The molecule has 2 aliphatic heterocycles. The number of anilines is 2. The Balaban J connectivity index is 0.000000276. The molecule has 2 aromatic rings. The van der Waals surface area contributed by atoms with Crippen molar-refractivity contribution in [2.45, 2.75) is 75.3 Å². The highest BCUT2D eigenvalue weighted by molar-refractivity contribution is 7.91. The van der Waals surface area contributed by atoms with Gasteiger partial charge in [0.15, 0.2) is 19.7 Å². The molecule has 0 bridgehead atoms. The van der Waals surface area contributed by atoms with Gasteiger partial charge in [-0.25, -0.2) is 16.8 Å². The van der Waals surface area contributed by atoms with Gasteiger partial charge in [-0.15, -0.1) is 0 Å². The van der Waals surface area contributed by atoms with Gasteiger partial charge in [0.1, 0.15) is 11.5 Å². The average Bonchev–Trinajstić information content (AvgIpc) is 3.81. The number of hydrogen-bond acceptors (Lipinski definition) is 12. The largest absolute Gasteiger partial charge is 0.496 e. The van der Waals surface area contributed by atoms with Gasteiger partial charge >= 0.3 is 0 Å².